The zero-order valence-corrected chi connectivity index (χ0v) is 9.90. The Morgan fingerprint density at radius 2 is 2.44 bits per heavy atom. The number of nitrogens with zero attached hydrogens (tertiary/aromatic N) is 3. The van der Waals surface area contributed by atoms with E-state index in [9.17, 15) is 0 Å². The Labute approximate surface area is 95.9 Å². The molecule has 0 aromatic carbocycles. The second-order valence-corrected chi connectivity index (χ2v) is 4.06. The van der Waals surface area contributed by atoms with Crippen molar-refractivity contribution in [3.63, 3.8) is 0 Å². The van der Waals surface area contributed by atoms with Crippen LogP contribution in [-0.4, -0.2) is 28.3 Å². The number of aliphatic imine (C=N–C) groups is 1. The lowest BCUT2D eigenvalue weighted by Crippen LogP contribution is -2.38. The van der Waals surface area contributed by atoms with Crippen molar-refractivity contribution in [3.8, 4) is 0 Å². The van der Waals surface area contributed by atoms with Crippen LogP contribution >= 0.6 is 0 Å². The third-order valence-electron chi connectivity index (χ3n) is 2.58. The SMILES string of the molecule is CCNC(=NCc1ccnn1C)NC1CC1. The lowest BCUT2D eigenvalue weighted by molar-refractivity contribution is 0.707. The normalized spacial score (nSPS) is 16.2. The zero-order chi connectivity index (χ0) is 11.4. The maximum absolute atomic E-state index is 4.53. The molecule has 1 aliphatic carbocycles. The number of aromatic nitrogens is 2. The molecule has 1 heterocycles. The minimum absolute atomic E-state index is 0.629. The summed E-state index contributed by atoms with van der Waals surface area (Å²) in [4.78, 5) is 4.53. The maximum atomic E-state index is 4.53. The minimum atomic E-state index is 0.629. The fraction of sp³-hybridized carbons (Fsp3) is 0.636. The van der Waals surface area contributed by atoms with Crippen molar-refractivity contribution in [2.24, 2.45) is 12.0 Å². The molecule has 2 rings (SSSR count). The van der Waals surface area contributed by atoms with Crippen molar-refractivity contribution in [1.29, 1.82) is 0 Å². The summed E-state index contributed by atoms with van der Waals surface area (Å²) in [6.07, 6.45) is 4.32. The highest BCUT2D eigenvalue weighted by atomic mass is 15.3. The molecule has 0 amide bonds. The van der Waals surface area contributed by atoms with Crippen LogP contribution in [0.1, 0.15) is 25.5 Å². The van der Waals surface area contributed by atoms with E-state index >= 15 is 0 Å². The molecular formula is C11H19N5. The van der Waals surface area contributed by atoms with E-state index < -0.39 is 0 Å². The van der Waals surface area contributed by atoms with Gasteiger partial charge >= 0.3 is 0 Å². The van der Waals surface area contributed by atoms with E-state index in [4.69, 9.17) is 0 Å². The Bertz CT molecular complexity index is 364. The van der Waals surface area contributed by atoms with Crippen molar-refractivity contribution in [2.45, 2.75) is 32.4 Å². The van der Waals surface area contributed by atoms with Crippen molar-refractivity contribution in [3.05, 3.63) is 18.0 Å². The highest BCUT2D eigenvalue weighted by Gasteiger charge is 2.21. The van der Waals surface area contributed by atoms with E-state index in [2.05, 4.69) is 27.6 Å². The van der Waals surface area contributed by atoms with Gasteiger partial charge in [0, 0.05) is 25.8 Å². The first-order chi connectivity index (χ1) is 7.79. The predicted octanol–water partition coefficient (Wildman–Crippen LogP) is 0.638. The molecule has 1 fully saturated rings. The average molecular weight is 221 g/mol. The van der Waals surface area contributed by atoms with E-state index in [1.165, 1.54) is 12.8 Å². The third-order valence-corrected chi connectivity index (χ3v) is 2.58. The van der Waals surface area contributed by atoms with Crippen LogP contribution in [0.2, 0.25) is 0 Å². The van der Waals surface area contributed by atoms with Crippen molar-refractivity contribution in [1.82, 2.24) is 20.4 Å². The molecule has 0 aliphatic heterocycles. The Balaban J connectivity index is 1.93. The third kappa shape index (κ3) is 2.98. The van der Waals surface area contributed by atoms with Gasteiger partial charge in [0.1, 0.15) is 0 Å². The largest absolute Gasteiger partial charge is 0.357 e. The molecule has 1 aliphatic rings. The summed E-state index contributed by atoms with van der Waals surface area (Å²) in [6, 6.07) is 2.62. The molecule has 5 nitrogen and oxygen atoms in total. The molecule has 1 aromatic heterocycles. The topological polar surface area (TPSA) is 54.2 Å². The Hall–Kier alpha value is -1.52. The van der Waals surface area contributed by atoms with E-state index in [1.54, 1.807) is 6.20 Å². The summed E-state index contributed by atoms with van der Waals surface area (Å²) in [5, 5.41) is 10.7. The highest BCUT2D eigenvalue weighted by molar-refractivity contribution is 5.80. The number of guanidine groups is 1. The van der Waals surface area contributed by atoms with Crippen LogP contribution in [0.4, 0.5) is 0 Å². The van der Waals surface area contributed by atoms with E-state index in [0.717, 1.165) is 18.2 Å². The molecule has 0 radical (unpaired) electrons. The van der Waals surface area contributed by atoms with Crippen LogP contribution in [-0.2, 0) is 13.6 Å². The highest BCUT2D eigenvalue weighted by Crippen LogP contribution is 2.18. The predicted molar refractivity (Wildman–Crippen MR) is 64.2 cm³/mol. The summed E-state index contributed by atoms with van der Waals surface area (Å²) >= 11 is 0. The monoisotopic (exact) mass is 221 g/mol. The Kier molecular flexibility index (Phi) is 3.44. The molecule has 88 valence electrons. The first-order valence-corrected chi connectivity index (χ1v) is 5.81. The maximum Gasteiger partial charge on any atom is 0.191 e. The Morgan fingerprint density at radius 3 is 3.00 bits per heavy atom. The van der Waals surface area contributed by atoms with Crippen LogP contribution in [0.15, 0.2) is 17.3 Å². The molecule has 0 spiro atoms. The van der Waals surface area contributed by atoms with Crippen LogP contribution in [0.25, 0.3) is 0 Å². The fourth-order valence-electron chi connectivity index (χ4n) is 1.46. The van der Waals surface area contributed by atoms with E-state index in [-0.39, 0.29) is 0 Å². The van der Waals surface area contributed by atoms with Gasteiger partial charge in [0.2, 0.25) is 0 Å². The van der Waals surface area contributed by atoms with Gasteiger partial charge in [-0.25, -0.2) is 4.99 Å². The molecule has 1 aromatic rings. The smallest absolute Gasteiger partial charge is 0.191 e. The first kappa shape index (κ1) is 11.0. The summed E-state index contributed by atoms with van der Waals surface area (Å²) in [5.41, 5.74) is 1.12. The van der Waals surface area contributed by atoms with E-state index in [0.29, 0.717) is 12.6 Å². The van der Waals surface area contributed by atoms with Gasteiger partial charge in [0.15, 0.2) is 5.96 Å². The van der Waals surface area contributed by atoms with Crippen molar-refractivity contribution in [2.75, 3.05) is 6.54 Å². The molecule has 0 atom stereocenters. The molecule has 1 saturated carbocycles. The summed E-state index contributed by atoms with van der Waals surface area (Å²) < 4.78 is 1.85. The summed E-state index contributed by atoms with van der Waals surface area (Å²) in [7, 11) is 1.94. The van der Waals surface area contributed by atoms with Gasteiger partial charge in [-0.2, -0.15) is 5.10 Å². The first-order valence-electron chi connectivity index (χ1n) is 5.81. The summed E-state index contributed by atoms with van der Waals surface area (Å²) in [5.74, 6) is 0.909. The number of hydrogen-bond donors (Lipinski definition) is 2. The molecule has 5 heteroatoms. The average Bonchev–Trinajstić information content (AvgIpc) is 2.98. The number of aryl methyl sites for hydroxylation is 1. The Morgan fingerprint density at radius 1 is 1.62 bits per heavy atom. The van der Waals surface area contributed by atoms with Crippen LogP contribution in [0.5, 0.6) is 0 Å². The number of rotatable bonds is 4. The lowest BCUT2D eigenvalue weighted by Gasteiger charge is -2.09. The number of hydrogen-bond acceptors (Lipinski definition) is 2. The molecular weight excluding hydrogens is 202 g/mol. The lowest BCUT2D eigenvalue weighted by atomic mass is 10.4. The molecule has 2 N–H and O–H groups in total. The van der Waals surface area contributed by atoms with Gasteiger partial charge in [-0.3, -0.25) is 4.68 Å². The molecule has 0 unspecified atom stereocenters. The minimum Gasteiger partial charge on any atom is -0.357 e. The van der Waals surface area contributed by atoms with Crippen molar-refractivity contribution < 1.29 is 0 Å². The van der Waals surface area contributed by atoms with Gasteiger partial charge in [0.05, 0.1) is 12.2 Å². The van der Waals surface area contributed by atoms with Gasteiger partial charge in [-0.05, 0) is 25.8 Å². The van der Waals surface area contributed by atoms with Crippen LogP contribution in [0.3, 0.4) is 0 Å². The second kappa shape index (κ2) is 5.01. The fourth-order valence-corrected chi connectivity index (χ4v) is 1.46. The van der Waals surface area contributed by atoms with Gasteiger partial charge in [0.25, 0.3) is 0 Å². The van der Waals surface area contributed by atoms with Crippen LogP contribution < -0.4 is 10.6 Å². The quantitative estimate of drug-likeness (QED) is 0.579. The van der Waals surface area contributed by atoms with Crippen LogP contribution in [0, 0.1) is 0 Å². The summed E-state index contributed by atoms with van der Waals surface area (Å²) in [6.45, 7) is 3.64. The van der Waals surface area contributed by atoms with E-state index in [1.807, 2.05) is 17.8 Å². The molecule has 0 saturated heterocycles. The standard InChI is InChI=1S/C11H19N5/c1-3-12-11(15-9-4-5-9)13-8-10-6-7-14-16(10)2/h6-7,9H,3-5,8H2,1-2H3,(H2,12,13,15). The van der Waals surface area contributed by atoms with Gasteiger partial charge < -0.3 is 10.6 Å². The van der Waals surface area contributed by atoms with Crippen molar-refractivity contribution >= 4 is 5.96 Å². The van der Waals surface area contributed by atoms with Gasteiger partial charge in [-0.1, -0.05) is 0 Å². The molecule has 16 heavy (non-hydrogen) atoms. The second-order valence-electron chi connectivity index (χ2n) is 4.06. The van der Waals surface area contributed by atoms with Gasteiger partial charge in [-0.15, -0.1) is 0 Å². The number of nitrogens with one attached hydrogen (secondary N) is 2. The molecule has 0 bridgehead atoms. The zero-order valence-electron chi connectivity index (χ0n) is 9.90.